The van der Waals surface area contributed by atoms with Gasteiger partial charge in [0.25, 0.3) is 0 Å². The number of aromatic nitrogens is 2. The number of rotatable bonds is 7. The Bertz CT molecular complexity index is 504. The fraction of sp³-hybridized carbons (Fsp3) is 0.333. The molecule has 2 aromatic rings. The lowest BCUT2D eigenvalue weighted by Crippen LogP contribution is -2.25. The first-order chi connectivity index (χ1) is 9.79. The predicted molar refractivity (Wildman–Crippen MR) is 80.2 cm³/mol. The molecule has 0 aliphatic carbocycles. The first-order valence-electron chi connectivity index (χ1n) is 6.67. The van der Waals surface area contributed by atoms with Gasteiger partial charge in [-0.25, -0.2) is 4.39 Å². The highest BCUT2D eigenvalue weighted by molar-refractivity contribution is 7.99. The number of thioether (sulfide) groups is 1. The molecule has 0 saturated carbocycles. The maximum Gasteiger partial charge on any atom is 0.123 e. The molecule has 2 rings (SSSR count). The van der Waals surface area contributed by atoms with Gasteiger partial charge in [-0.05, 0) is 37.2 Å². The van der Waals surface area contributed by atoms with Crippen molar-refractivity contribution in [3.05, 3.63) is 54.4 Å². The van der Waals surface area contributed by atoms with Gasteiger partial charge in [0, 0.05) is 29.2 Å². The number of hydrogen-bond donors (Lipinski definition) is 1. The summed E-state index contributed by atoms with van der Waals surface area (Å²) in [6.45, 7) is 3.07. The van der Waals surface area contributed by atoms with Crippen molar-refractivity contribution in [1.29, 1.82) is 0 Å². The van der Waals surface area contributed by atoms with E-state index in [2.05, 4.69) is 22.2 Å². The zero-order valence-electron chi connectivity index (χ0n) is 11.4. The number of nitrogens with zero attached hydrogens (tertiary/aromatic N) is 2. The van der Waals surface area contributed by atoms with Crippen molar-refractivity contribution in [3.8, 4) is 0 Å². The zero-order valence-corrected chi connectivity index (χ0v) is 12.2. The molecule has 0 radical (unpaired) electrons. The maximum atomic E-state index is 12.9. The van der Waals surface area contributed by atoms with Crippen LogP contribution in [0.4, 0.5) is 4.39 Å². The number of hydrogen-bond acceptors (Lipinski definition) is 4. The second-order valence-electron chi connectivity index (χ2n) is 4.40. The lowest BCUT2D eigenvalue weighted by molar-refractivity contribution is 0.563. The Labute approximate surface area is 123 Å². The normalized spacial score (nSPS) is 12.3. The van der Waals surface area contributed by atoms with Gasteiger partial charge in [-0.3, -0.25) is 9.97 Å². The minimum Gasteiger partial charge on any atom is -0.308 e. The summed E-state index contributed by atoms with van der Waals surface area (Å²) in [6, 6.07) is 6.72. The molecule has 0 aliphatic heterocycles. The molecule has 1 aromatic carbocycles. The largest absolute Gasteiger partial charge is 0.308 e. The summed E-state index contributed by atoms with van der Waals surface area (Å²) in [6.07, 6.45) is 6.24. The van der Waals surface area contributed by atoms with Crippen molar-refractivity contribution in [3.63, 3.8) is 0 Å². The summed E-state index contributed by atoms with van der Waals surface area (Å²) in [5.41, 5.74) is 0.940. The fourth-order valence-electron chi connectivity index (χ4n) is 1.77. The van der Waals surface area contributed by atoms with E-state index in [1.165, 1.54) is 12.1 Å². The maximum absolute atomic E-state index is 12.9. The Morgan fingerprint density at radius 1 is 1.25 bits per heavy atom. The van der Waals surface area contributed by atoms with Crippen molar-refractivity contribution in [2.45, 2.75) is 24.3 Å². The molecule has 0 spiro atoms. The molecule has 20 heavy (non-hydrogen) atoms. The van der Waals surface area contributed by atoms with E-state index in [1.54, 1.807) is 42.5 Å². The molecule has 0 fully saturated rings. The summed E-state index contributed by atoms with van der Waals surface area (Å²) in [7, 11) is 0. The molecule has 5 heteroatoms. The number of halogens is 1. The van der Waals surface area contributed by atoms with Crippen LogP contribution >= 0.6 is 11.8 Å². The average Bonchev–Trinajstić information content (AvgIpc) is 2.50. The van der Waals surface area contributed by atoms with E-state index in [9.17, 15) is 4.39 Å². The van der Waals surface area contributed by atoms with Crippen molar-refractivity contribution in [2.75, 3.05) is 12.3 Å². The Morgan fingerprint density at radius 2 is 2.05 bits per heavy atom. The summed E-state index contributed by atoms with van der Waals surface area (Å²) < 4.78 is 12.9. The van der Waals surface area contributed by atoms with E-state index in [0.29, 0.717) is 0 Å². The third-order valence-corrected chi connectivity index (χ3v) is 3.92. The van der Waals surface area contributed by atoms with Crippen LogP contribution in [-0.4, -0.2) is 22.3 Å². The van der Waals surface area contributed by atoms with Gasteiger partial charge in [0.2, 0.25) is 0 Å². The van der Waals surface area contributed by atoms with Crippen LogP contribution in [0.1, 0.15) is 25.1 Å². The highest BCUT2D eigenvalue weighted by atomic mass is 32.2. The van der Waals surface area contributed by atoms with Crippen LogP contribution in [0.25, 0.3) is 0 Å². The molecule has 0 bridgehead atoms. The van der Waals surface area contributed by atoms with E-state index < -0.39 is 0 Å². The summed E-state index contributed by atoms with van der Waals surface area (Å²) in [5, 5.41) is 3.47. The number of nitrogens with one attached hydrogen (secondary N) is 1. The molecular weight excluding hydrogens is 273 g/mol. The Kier molecular flexibility index (Phi) is 5.95. The Balaban J connectivity index is 1.99. The molecule has 1 unspecified atom stereocenters. The van der Waals surface area contributed by atoms with E-state index in [4.69, 9.17) is 0 Å². The monoisotopic (exact) mass is 291 g/mol. The predicted octanol–water partition coefficient (Wildman–Crippen LogP) is 3.45. The topological polar surface area (TPSA) is 37.8 Å². The lowest BCUT2D eigenvalue weighted by Gasteiger charge is -2.17. The summed E-state index contributed by atoms with van der Waals surface area (Å²) in [5.74, 6) is 0.633. The minimum absolute atomic E-state index is 0.152. The zero-order chi connectivity index (χ0) is 14.2. The minimum atomic E-state index is -0.205. The molecule has 106 valence electrons. The van der Waals surface area contributed by atoms with Crippen LogP contribution in [0.15, 0.2) is 47.8 Å². The van der Waals surface area contributed by atoms with Gasteiger partial charge in [0.05, 0.1) is 11.7 Å². The Hall–Kier alpha value is -1.46. The van der Waals surface area contributed by atoms with Crippen molar-refractivity contribution in [2.24, 2.45) is 0 Å². The standard InChI is InChI=1S/C15H18FN3S/c1-2-7-18-15(14-10-17-8-9-19-14)11-20-13-5-3-12(16)4-6-13/h3-6,8-10,15,18H,2,7,11H2,1H3. The van der Waals surface area contributed by atoms with Crippen LogP contribution in [0.5, 0.6) is 0 Å². The SMILES string of the molecule is CCCNC(CSc1ccc(F)cc1)c1cnccn1. The first-order valence-corrected chi connectivity index (χ1v) is 7.66. The average molecular weight is 291 g/mol. The van der Waals surface area contributed by atoms with Crippen molar-refractivity contribution in [1.82, 2.24) is 15.3 Å². The van der Waals surface area contributed by atoms with Gasteiger partial charge in [-0.1, -0.05) is 6.92 Å². The first kappa shape index (κ1) is 14.9. The highest BCUT2D eigenvalue weighted by Gasteiger charge is 2.12. The third-order valence-electron chi connectivity index (χ3n) is 2.81. The van der Waals surface area contributed by atoms with E-state index in [1.807, 2.05) is 0 Å². The third kappa shape index (κ3) is 4.58. The molecule has 1 heterocycles. The number of benzene rings is 1. The van der Waals surface area contributed by atoms with Gasteiger partial charge in [0.1, 0.15) is 5.82 Å². The smallest absolute Gasteiger partial charge is 0.123 e. The second kappa shape index (κ2) is 7.97. The fourth-order valence-corrected chi connectivity index (χ4v) is 2.74. The van der Waals surface area contributed by atoms with Crippen LogP contribution in [0.3, 0.4) is 0 Å². The van der Waals surface area contributed by atoms with Gasteiger partial charge in [-0.2, -0.15) is 0 Å². The van der Waals surface area contributed by atoms with E-state index in [0.717, 1.165) is 29.3 Å². The van der Waals surface area contributed by atoms with Crippen LogP contribution in [0.2, 0.25) is 0 Å². The van der Waals surface area contributed by atoms with E-state index in [-0.39, 0.29) is 11.9 Å². The second-order valence-corrected chi connectivity index (χ2v) is 5.50. The van der Waals surface area contributed by atoms with Crippen molar-refractivity contribution < 1.29 is 4.39 Å². The molecule has 0 saturated heterocycles. The molecule has 1 atom stereocenters. The van der Waals surface area contributed by atoms with Gasteiger partial charge < -0.3 is 5.32 Å². The Morgan fingerprint density at radius 3 is 2.70 bits per heavy atom. The molecule has 1 N–H and O–H groups in total. The van der Waals surface area contributed by atoms with Crippen molar-refractivity contribution >= 4 is 11.8 Å². The van der Waals surface area contributed by atoms with E-state index >= 15 is 0 Å². The quantitative estimate of drug-likeness (QED) is 0.793. The van der Waals surface area contributed by atoms with Crippen LogP contribution < -0.4 is 5.32 Å². The summed E-state index contributed by atoms with van der Waals surface area (Å²) in [4.78, 5) is 9.53. The van der Waals surface area contributed by atoms with Crippen LogP contribution in [0, 0.1) is 5.82 Å². The highest BCUT2D eigenvalue weighted by Crippen LogP contribution is 2.23. The molecular formula is C15H18FN3S. The van der Waals surface area contributed by atoms with Gasteiger partial charge >= 0.3 is 0 Å². The van der Waals surface area contributed by atoms with Gasteiger partial charge in [-0.15, -0.1) is 11.8 Å². The molecule has 1 aromatic heterocycles. The van der Waals surface area contributed by atoms with Crippen LogP contribution in [-0.2, 0) is 0 Å². The van der Waals surface area contributed by atoms with Gasteiger partial charge in [0.15, 0.2) is 0 Å². The molecule has 0 aliphatic rings. The lowest BCUT2D eigenvalue weighted by atomic mass is 10.2. The summed E-state index contributed by atoms with van der Waals surface area (Å²) >= 11 is 1.69. The molecule has 3 nitrogen and oxygen atoms in total. The molecule has 0 amide bonds.